The van der Waals surface area contributed by atoms with Crippen molar-refractivity contribution in [2.24, 2.45) is 0 Å². The zero-order valence-corrected chi connectivity index (χ0v) is 27.4. The number of para-hydroxylation sites is 2. The molecule has 0 unspecified atom stereocenters. The van der Waals surface area contributed by atoms with E-state index in [-0.39, 0.29) is 11.3 Å². The van der Waals surface area contributed by atoms with Gasteiger partial charge in [0.2, 0.25) is 0 Å². The van der Waals surface area contributed by atoms with E-state index in [1.165, 1.54) is 11.9 Å². The van der Waals surface area contributed by atoms with Crippen LogP contribution in [-0.2, 0) is 9.53 Å². The number of esters is 1. The minimum Gasteiger partial charge on any atom is -0.506 e. The molecule has 0 atom stereocenters. The maximum absolute atomic E-state index is 11.8. The Hall–Kier alpha value is -5.22. The lowest BCUT2D eigenvalue weighted by atomic mass is 9.93. The number of fused-ring (bicyclic) bond motifs is 1. The average molecular weight is 595 g/mol. The predicted molar refractivity (Wildman–Crippen MR) is 182 cm³/mol. The molecule has 1 heterocycles. The smallest absolute Gasteiger partial charge is 0.349 e. The Morgan fingerprint density at radius 1 is 0.659 bits per heavy atom. The molecule has 4 aromatic carbocycles. The zero-order valence-electron chi connectivity index (χ0n) is 27.4. The van der Waals surface area contributed by atoms with Crippen molar-refractivity contribution in [1.29, 1.82) is 5.26 Å². The van der Waals surface area contributed by atoms with Crippen molar-refractivity contribution < 1.29 is 14.6 Å². The molecule has 0 radical (unpaired) electrons. The Kier molecular flexibility index (Phi) is 20.6. The second kappa shape index (κ2) is 23.4. The fourth-order valence-electron chi connectivity index (χ4n) is 3.57. The lowest BCUT2D eigenvalue weighted by Gasteiger charge is -2.10. The molecule has 5 aromatic rings. The normalized spacial score (nSPS) is 8.73. The van der Waals surface area contributed by atoms with Crippen molar-refractivity contribution in [3.63, 3.8) is 0 Å². The third-order valence-electron chi connectivity index (χ3n) is 5.26. The number of phenols is 1. The summed E-state index contributed by atoms with van der Waals surface area (Å²) >= 11 is 0. The summed E-state index contributed by atoms with van der Waals surface area (Å²) in [5.74, 6) is -0.460. The van der Waals surface area contributed by atoms with Gasteiger partial charge in [-0.2, -0.15) is 5.26 Å². The van der Waals surface area contributed by atoms with Crippen molar-refractivity contribution in [2.45, 2.75) is 55.4 Å². The lowest BCUT2D eigenvalue weighted by Crippen LogP contribution is -2.07. The quantitative estimate of drug-likeness (QED) is 0.126. The number of aromatic hydroxyl groups is 1. The van der Waals surface area contributed by atoms with Gasteiger partial charge in [-0.3, -0.25) is 0 Å². The first kappa shape index (κ1) is 38.8. The molecular formula is C37H46N4O3. The van der Waals surface area contributed by atoms with Gasteiger partial charge in [0.15, 0.2) is 0 Å². The molecule has 0 saturated heterocycles. The molecule has 0 aliphatic rings. The van der Waals surface area contributed by atoms with Crippen LogP contribution in [0.15, 0.2) is 115 Å². The molecule has 1 N–H and O–H groups in total. The molecule has 0 spiro atoms. The SMILES string of the molecule is CC.CC.CC.CC.COC(=O)C(C#N)=C(c1ccccc1)c1ccccc1.Oc1ccccc1-n1nc2ccccc2n1. The van der Waals surface area contributed by atoms with Gasteiger partial charge >= 0.3 is 5.97 Å². The zero-order chi connectivity index (χ0) is 33.3. The summed E-state index contributed by atoms with van der Waals surface area (Å²) in [7, 11) is 1.27. The lowest BCUT2D eigenvalue weighted by molar-refractivity contribution is -0.135. The third-order valence-corrected chi connectivity index (χ3v) is 5.26. The number of methoxy groups -OCH3 is 1. The summed E-state index contributed by atoms with van der Waals surface area (Å²) in [6.07, 6.45) is 0. The summed E-state index contributed by atoms with van der Waals surface area (Å²) in [6.45, 7) is 16.0. The van der Waals surface area contributed by atoms with Crippen molar-refractivity contribution in [3.05, 3.63) is 126 Å². The minimum atomic E-state index is -0.629. The van der Waals surface area contributed by atoms with Crippen LogP contribution in [0.4, 0.5) is 0 Å². The number of rotatable bonds is 4. The number of aromatic nitrogens is 3. The van der Waals surface area contributed by atoms with Crippen LogP contribution in [-0.4, -0.2) is 33.2 Å². The van der Waals surface area contributed by atoms with Crippen LogP contribution in [0.3, 0.4) is 0 Å². The first-order chi connectivity index (χ1) is 21.6. The molecule has 44 heavy (non-hydrogen) atoms. The van der Waals surface area contributed by atoms with Crippen LogP contribution in [0.25, 0.3) is 22.3 Å². The van der Waals surface area contributed by atoms with Crippen molar-refractivity contribution in [2.75, 3.05) is 7.11 Å². The first-order valence-electron chi connectivity index (χ1n) is 15.1. The molecular weight excluding hydrogens is 548 g/mol. The van der Waals surface area contributed by atoms with Gasteiger partial charge in [-0.25, -0.2) is 4.79 Å². The van der Waals surface area contributed by atoms with Crippen molar-refractivity contribution in [1.82, 2.24) is 15.0 Å². The van der Waals surface area contributed by atoms with Crippen LogP contribution in [0.5, 0.6) is 5.75 Å². The molecule has 232 valence electrons. The van der Waals surface area contributed by atoms with E-state index in [0.29, 0.717) is 11.3 Å². The predicted octanol–water partition coefficient (Wildman–Crippen LogP) is 9.42. The summed E-state index contributed by atoms with van der Waals surface area (Å²) in [6, 6.07) is 35.2. The number of nitriles is 1. The van der Waals surface area contributed by atoms with Crippen LogP contribution in [0.1, 0.15) is 66.5 Å². The Balaban J connectivity index is 0.000000694. The summed E-state index contributed by atoms with van der Waals surface area (Å²) in [5.41, 5.74) is 4.40. The van der Waals surface area contributed by atoms with E-state index in [4.69, 9.17) is 4.74 Å². The molecule has 5 rings (SSSR count). The van der Waals surface area contributed by atoms with E-state index < -0.39 is 5.97 Å². The molecule has 1 aromatic heterocycles. The summed E-state index contributed by atoms with van der Waals surface area (Å²) in [4.78, 5) is 13.3. The first-order valence-corrected chi connectivity index (χ1v) is 15.1. The molecule has 7 nitrogen and oxygen atoms in total. The van der Waals surface area contributed by atoms with Gasteiger partial charge in [-0.15, -0.1) is 15.0 Å². The fraction of sp³-hybridized carbons (Fsp3) is 0.243. The van der Waals surface area contributed by atoms with Gasteiger partial charge in [0, 0.05) is 5.57 Å². The Morgan fingerprint density at radius 3 is 1.43 bits per heavy atom. The Bertz CT molecular complexity index is 1480. The molecule has 0 bridgehead atoms. The third kappa shape index (κ3) is 11.2. The number of hydrogen-bond donors (Lipinski definition) is 1. The maximum atomic E-state index is 11.8. The number of ether oxygens (including phenoxy) is 1. The monoisotopic (exact) mass is 594 g/mol. The van der Waals surface area contributed by atoms with E-state index in [1.807, 2.05) is 152 Å². The van der Waals surface area contributed by atoms with Gasteiger partial charge in [0.25, 0.3) is 0 Å². The van der Waals surface area contributed by atoms with Crippen molar-refractivity contribution in [3.8, 4) is 17.5 Å². The van der Waals surface area contributed by atoms with Crippen molar-refractivity contribution >= 4 is 22.6 Å². The number of carbonyl (C=O) groups is 1. The number of nitrogens with zero attached hydrogens (tertiary/aromatic N) is 4. The van der Waals surface area contributed by atoms with Crippen LogP contribution >= 0.6 is 0 Å². The topological polar surface area (TPSA) is 101 Å². The highest BCUT2D eigenvalue weighted by atomic mass is 16.5. The second-order valence-corrected chi connectivity index (χ2v) is 7.55. The molecule has 0 amide bonds. The highest BCUT2D eigenvalue weighted by Gasteiger charge is 2.18. The molecule has 0 aliphatic carbocycles. The highest BCUT2D eigenvalue weighted by Crippen LogP contribution is 2.27. The van der Waals surface area contributed by atoms with Crippen LogP contribution in [0.2, 0.25) is 0 Å². The molecule has 0 saturated carbocycles. The number of benzene rings is 4. The van der Waals surface area contributed by atoms with E-state index in [9.17, 15) is 15.2 Å². The molecule has 0 aliphatic heterocycles. The molecule has 7 heteroatoms. The highest BCUT2D eigenvalue weighted by molar-refractivity contribution is 6.05. The fourth-order valence-corrected chi connectivity index (χ4v) is 3.57. The average Bonchev–Trinajstić information content (AvgIpc) is 3.56. The molecule has 0 fully saturated rings. The van der Waals surface area contributed by atoms with Gasteiger partial charge in [0.1, 0.15) is 34.1 Å². The standard InChI is InChI=1S/C17H13NO2.C12H9N3O.4C2H6/c1-20-17(19)15(12-18)16(13-8-4-2-5-9-13)14-10-6-3-7-11-14;16-12-8-4-3-7-11(12)15-13-9-5-1-2-6-10(9)14-15;4*1-2/h2-11H,1H3;1-8,16H;4*1-2H3. The van der Waals surface area contributed by atoms with Gasteiger partial charge < -0.3 is 9.84 Å². The Morgan fingerprint density at radius 2 is 1.05 bits per heavy atom. The van der Waals surface area contributed by atoms with Gasteiger partial charge in [0.05, 0.1) is 7.11 Å². The summed E-state index contributed by atoms with van der Waals surface area (Å²) in [5, 5.41) is 27.6. The number of hydrogen-bond acceptors (Lipinski definition) is 6. The second-order valence-electron chi connectivity index (χ2n) is 7.55. The Labute approximate surface area is 263 Å². The van der Waals surface area contributed by atoms with Crippen LogP contribution in [0, 0.1) is 11.3 Å². The van der Waals surface area contributed by atoms with E-state index in [0.717, 1.165) is 22.2 Å². The van der Waals surface area contributed by atoms with Gasteiger partial charge in [-0.05, 0) is 35.4 Å². The van der Waals surface area contributed by atoms with E-state index in [2.05, 4.69) is 10.2 Å². The number of phenolic OH excluding ortho intramolecular Hbond substituents is 1. The summed E-state index contributed by atoms with van der Waals surface area (Å²) < 4.78 is 4.71. The largest absolute Gasteiger partial charge is 0.506 e. The van der Waals surface area contributed by atoms with Crippen LogP contribution < -0.4 is 0 Å². The van der Waals surface area contributed by atoms with Gasteiger partial charge in [-0.1, -0.05) is 140 Å². The number of carbonyl (C=O) groups excluding carboxylic acids is 1. The maximum Gasteiger partial charge on any atom is 0.349 e. The van der Waals surface area contributed by atoms with E-state index >= 15 is 0 Å². The van der Waals surface area contributed by atoms with E-state index in [1.54, 1.807) is 18.2 Å². The minimum absolute atomic E-state index is 0.00454.